The number of ether oxygens (including phenoxy) is 3. The number of hydrogen-bond acceptors (Lipinski definition) is 7. The molecule has 12 heteroatoms. The molecule has 0 aliphatic carbocycles. The van der Waals surface area contributed by atoms with E-state index in [9.17, 15) is 18.0 Å². The van der Waals surface area contributed by atoms with Crippen LogP contribution in [0.1, 0.15) is 80.6 Å². The Morgan fingerprint density at radius 1 is 1.12 bits per heavy atom. The molecule has 0 bridgehead atoms. The second-order valence-corrected chi connectivity index (χ2v) is 12.1. The fourth-order valence-corrected chi connectivity index (χ4v) is 5.31. The summed E-state index contributed by atoms with van der Waals surface area (Å²) in [6, 6.07) is 2.80. The van der Waals surface area contributed by atoms with Crippen LogP contribution in [0.5, 0.6) is 5.75 Å². The minimum absolute atomic E-state index is 0.00702. The number of amides is 1. The molecule has 1 aromatic heterocycles. The third-order valence-electron chi connectivity index (χ3n) is 6.52. The fourth-order valence-electron chi connectivity index (χ4n) is 4.25. The van der Waals surface area contributed by atoms with Crippen molar-refractivity contribution >= 4 is 23.0 Å². The Kier molecular flexibility index (Phi) is 9.73. The predicted molar refractivity (Wildman–Crippen MR) is 145 cm³/mol. The van der Waals surface area contributed by atoms with E-state index in [4.69, 9.17) is 19.0 Å². The number of carbonyl (C=O) groups excluding carboxylic acids is 1. The van der Waals surface area contributed by atoms with Gasteiger partial charge >= 0.3 is 6.18 Å². The van der Waals surface area contributed by atoms with Gasteiger partial charge in [-0.3, -0.25) is 4.79 Å². The molecule has 2 aliphatic rings. The van der Waals surface area contributed by atoms with Crippen LogP contribution in [-0.2, 0) is 32.4 Å². The normalized spacial score (nSPS) is 21.1. The van der Waals surface area contributed by atoms with Crippen molar-refractivity contribution in [3.63, 3.8) is 0 Å². The summed E-state index contributed by atoms with van der Waals surface area (Å²) in [5, 5.41) is 4.01. The third kappa shape index (κ3) is 8.17. The Balaban J connectivity index is 1.61. The van der Waals surface area contributed by atoms with Crippen LogP contribution < -0.4 is 9.54 Å². The monoisotopic (exact) mass is 583 g/mol. The lowest BCUT2D eigenvalue weighted by Crippen LogP contribution is -2.24. The summed E-state index contributed by atoms with van der Waals surface area (Å²) in [6.07, 6.45) is 1.39. The van der Waals surface area contributed by atoms with Crippen molar-refractivity contribution in [1.29, 1.82) is 0 Å². The van der Waals surface area contributed by atoms with Gasteiger partial charge in [0.05, 0.1) is 36.1 Å². The lowest BCUT2D eigenvalue weighted by Gasteiger charge is -2.20. The molecule has 0 N–H and O–H groups in total. The van der Waals surface area contributed by atoms with Crippen molar-refractivity contribution in [3.05, 3.63) is 45.2 Å². The van der Waals surface area contributed by atoms with Gasteiger partial charge in [0.2, 0.25) is 6.29 Å². The zero-order valence-corrected chi connectivity index (χ0v) is 24.1. The number of aromatic nitrogens is 1. The van der Waals surface area contributed by atoms with E-state index < -0.39 is 23.9 Å². The number of alkyl halides is 3. The summed E-state index contributed by atoms with van der Waals surface area (Å²) in [6.45, 7) is 9.50. The van der Waals surface area contributed by atoms with Gasteiger partial charge in [0, 0.05) is 24.1 Å². The third-order valence-corrected chi connectivity index (χ3v) is 7.96. The molecule has 2 saturated heterocycles. The van der Waals surface area contributed by atoms with Gasteiger partial charge in [0.25, 0.3) is 5.91 Å². The van der Waals surface area contributed by atoms with Crippen LogP contribution >= 0.6 is 11.3 Å². The molecule has 1 amide bonds. The molecular formula is C28H36F3N3O5S. The van der Waals surface area contributed by atoms with Gasteiger partial charge in [-0.05, 0) is 56.2 Å². The molecule has 0 spiro atoms. The van der Waals surface area contributed by atoms with Gasteiger partial charge in [-0.1, -0.05) is 25.9 Å². The fraction of sp³-hybridized carbons (Fsp3) is 0.607. The number of rotatable bonds is 8. The number of benzene rings is 1. The SMILES string of the molecule is CC(COc1ccc(C(F)(F)F)cc1C(=O)N=c1sc(C(C)(C)C)cn1C[C@H]1CCCO1)=NOC1CCCCO1. The average Bonchev–Trinajstić information content (AvgIpc) is 3.56. The van der Waals surface area contributed by atoms with Crippen molar-refractivity contribution in [2.75, 3.05) is 19.8 Å². The molecule has 0 radical (unpaired) electrons. The quantitative estimate of drug-likeness (QED) is 0.278. The topological polar surface area (TPSA) is 83.6 Å². The Morgan fingerprint density at radius 2 is 1.90 bits per heavy atom. The highest BCUT2D eigenvalue weighted by molar-refractivity contribution is 7.09. The zero-order chi connectivity index (χ0) is 28.9. The van der Waals surface area contributed by atoms with E-state index >= 15 is 0 Å². The summed E-state index contributed by atoms with van der Waals surface area (Å²) in [5.74, 6) is -0.852. The Labute approximate surface area is 235 Å². The van der Waals surface area contributed by atoms with E-state index in [-0.39, 0.29) is 29.4 Å². The van der Waals surface area contributed by atoms with E-state index in [2.05, 4.69) is 10.1 Å². The van der Waals surface area contributed by atoms with E-state index in [1.165, 1.54) is 11.3 Å². The van der Waals surface area contributed by atoms with Crippen LogP contribution in [0.4, 0.5) is 13.2 Å². The Bertz CT molecular complexity index is 1270. The maximum atomic E-state index is 13.6. The number of hydrogen-bond donors (Lipinski definition) is 0. The minimum Gasteiger partial charge on any atom is -0.487 e. The second-order valence-electron chi connectivity index (χ2n) is 11.1. The average molecular weight is 584 g/mol. The van der Waals surface area contributed by atoms with E-state index in [0.29, 0.717) is 30.3 Å². The number of oxime groups is 1. The lowest BCUT2D eigenvalue weighted by atomic mass is 9.95. The lowest BCUT2D eigenvalue weighted by molar-refractivity contribution is -0.162. The molecule has 3 heterocycles. The smallest absolute Gasteiger partial charge is 0.416 e. The molecule has 2 aliphatic heterocycles. The summed E-state index contributed by atoms with van der Waals surface area (Å²) in [4.78, 5) is 24.5. The molecular weight excluding hydrogens is 547 g/mol. The highest BCUT2D eigenvalue weighted by Crippen LogP contribution is 2.33. The van der Waals surface area contributed by atoms with Crippen LogP contribution in [-0.4, -0.2) is 48.4 Å². The highest BCUT2D eigenvalue weighted by atomic mass is 32.1. The summed E-state index contributed by atoms with van der Waals surface area (Å²) in [7, 11) is 0. The van der Waals surface area contributed by atoms with Crippen molar-refractivity contribution < 1.29 is 37.0 Å². The van der Waals surface area contributed by atoms with Crippen LogP contribution in [0.15, 0.2) is 34.5 Å². The largest absolute Gasteiger partial charge is 0.487 e. The molecule has 1 unspecified atom stereocenters. The first-order valence-electron chi connectivity index (χ1n) is 13.5. The van der Waals surface area contributed by atoms with Crippen LogP contribution in [0, 0.1) is 0 Å². The van der Waals surface area contributed by atoms with E-state index in [1.54, 1.807) is 6.92 Å². The van der Waals surface area contributed by atoms with Crippen molar-refractivity contribution in [1.82, 2.24) is 4.57 Å². The van der Waals surface area contributed by atoms with Gasteiger partial charge in [0.15, 0.2) is 4.80 Å². The number of halogens is 3. The van der Waals surface area contributed by atoms with Crippen LogP contribution in [0.25, 0.3) is 0 Å². The summed E-state index contributed by atoms with van der Waals surface area (Å²) < 4.78 is 59.5. The van der Waals surface area contributed by atoms with Gasteiger partial charge in [-0.2, -0.15) is 18.2 Å². The Hall–Kier alpha value is -2.70. The van der Waals surface area contributed by atoms with Gasteiger partial charge in [0.1, 0.15) is 12.4 Å². The molecule has 2 aromatic rings. The molecule has 220 valence electrons. The second kappa shape index (κ2) is 12.9. The molecule has 0 saturated carbocycles. The Morgan fingerprint density at radius 3 is 2.55 bits per heavy atom. The molecule has 2 atom stereocenters. The van der Waals surface area contributed by atoms with Crippen molar-refractivity contribution in [2.45, 2.75) is 90.3 Å². The van der Waals surface area contributed by atoms with Crippen LogP contribution in [0.3, 0.4) is 0 Å². The number of thiazole rings is 1. The van der Waals surface area contributed by atoms with Crippen molar-refractivity contribution in [2.24, 2.45) is 10.1 Å². The molecule has 4 rings (SSSR count). The van der Waals surface area contributed by atoms with Gasteiger partial charge < -0.3 is 23.6 Å². The first-order chi connectivity index (χ1) is 18.9. The van der Waals surface area contributed by atoms with Crippen LogP contribution in [0.2, 0.25) is 0 Å². The zero-order valence-electron chi connectivity index (χ0n) is 23.3. The standard InChI is InChI=1S/C28H36F3N3O5S/c1-18(33-39-24-9-5-6-12-37-24)17-38-22-11-10-19(28(29,30)31)14-21(22)25(35)32-26-34(15-20-8-7-13-36-20)16-23(40-26)27(2,3)4/h10-11,14,16,20,24H,5-9,12-13,15,17H2,1-4H3/t20-,24?/m1/s1. The summed E-state index contributed by atoms with van der Waals surface area (Å²) in [5.41, 5.74) is -1.01. The predicted octanol–water partition coefficient (Wildman–Crippen LogP) is 6.08. The van der Waals surface area contributed by atoms with Gasteiger partial charge in [-0.15, -0.1) is 11.3 Å². The highest BCUT2D eigenvalue weighted by Gasteiger charge is 2.32. The minimum atomic E-state index is -4.64. The molecule has 8 nitrogen and oxygen atoms in total. The summed E-state index contributed by atoms with van der Waals surface area (Å²) >= 11 is 1.34. The maximum Gasteiger partial charge on any atom is 0.416 e. The van der Waals surface area contributed by atoms with Crippen molar-refractivity contribution in [3.8, 4) is 5.75 Å². The first kappa shape index (κ1) is 30.3. The number of carbonyl (C=O) groups is 1. The maximum absolute atomic E-state index is 13.6. The molecule has 2 fully saturated rings. The first-order valence-corrected chi connectivity index (χ1v) is 14.3. The van der Waals surface area contributed by atoms with E-state index in [1.807, 2.05) is 31.5 Å². The van der Waals surface area contributed by atoms with E-state index in [0.717, 1.165) is 55.2 Å². The number of nitrogens with zero attached hydrogens (tertiary/aromatic N) is 3. The van der Waals surface area contributed by atoms with Gasteiger partial charge in [-0.25, -0.2) is 0 Å². The molecule has 40 heavy (non-hydrogen) atoms. The molecule has 1 aromatic carbocycles.